The van der Waals surface area contributed by atoms with Crippen molar-refractivity contribution in [3.05, 3.63) is 23.7 Å². The number of carbonyl (C=O) groups excluding carboxylic acids is 2. The Labute approximate surface area is 153 Å². The molecule has 2 aromatic heterocycles. The molecule has 0 bridgehead atoms. The lowest BCUT2D eigenvalue weighted by Gasteiger charge is -2.17. The molecule has 0 radical (unpaired) electrons. The molecule has 0 saturated heterocycles. The second-order valence-corrected chi connectivity index (χ2v) is 7.64. The maximum absolute atomic E-state index is 12.1. The summed E-state index contributed by atoms with van der Waals surface area (Å²) in [6.07, 6.45) is 3.96. The molecular formula is C16H19N3O4S2. The van der Waals surface area contributed by atoms with Gasteiger partial charge in [0.2, 0.25) is 11.0 Å². The van der Waals surface area contributed by atoms with E-state index in [1.54, 1.807) is 17.9 Å². The molecule has 0 N–H and O–H groups in total. The predicted octanol–water partition coefficient (Wildman–Crippen LogP) is 3.51. The summed E-state index contributed by atoms with van der Waals surface area (Å²) in [7, 11) is 0. The lowest BCUT2D eigenvalue weighted by Crippen LogP contribution is -2.32. The average Bonchev–Trinajstić information content (AvgIpc) is 3.13. The van der Waals surface area contributed by atoms with Crippen LogP contribution in [0.25, 0.3) is 0 Å². The molecule has 1 aliphatic carbocycles. The maximum atomic E-state index is 12.1. The highest BCUT2D eigenvalue weighted by molar-refractivity contribution is 8.00. The Kier molecular flexibility index (Phi) is 5.74. The highest BCUT2D eigenvalue weighted by Gasteiger charge is 2.35. The van der Waals surface area contributed by atoms with E-state index >= 15 is 0 Å². The largest absolute Gasteiger partial charge is 0.468 e. The summed E-state index contributed by atoms with van der Waals surface area (Å²) in [6.45, 7) is 3.93. The number of esters is 1. The van der Waals surface area contributed by atoms with Crippen molar-refractivity contribution >= 4 is 40.1 Å². The highest BCUT2D eigenvalue weighted by Crippen LogP contribution is 2.37. The summed E-state index contributed by atoms with van der Waals surface area (Å²) in [5.41, 5.74) is 0.430. The molecule has 2 heterocycles. The van der Waals surface area contributed by atoms with Gasteiger partial charge in [0.1, 0.15) is 11.3 Å². The minimum atomic E-state index is -0.391. The third kappa shape index (κ3) is 4.21. The third-order valence-corrected chi connectivity index (χ3v) is 5.71. The van der Waals surface area contributed by atoms with Crippen molar-refractivity contribution in [2.75, 3.05) is 11.5 Å². The Balaban J connectivity index is 1.65. The molecule has 0 atom stereocenters. The quantitative estimate of drug-likeness (QED) is 0.393. The number of aromatic nitrogens is 2. The van der Waals surface area contributed by atoms with Gasteiger partial charge in [-0.2, -0.15) is 0 Å². The first-order valence-electron chi connectivity index (χ1n) is 8.15. The number of ether oxygens (including phenoxy) is 1. The minimum Gasteiger partial charge on any atom is -0.468 e. The van der Waals surface area contributed by atoms with Crippen LogP contribution in [0.15, 0.2) is 21.1 Å². The molecule has 0 unspecified atom stereocenters. The van der Waals surface area contributed by atoms with Crippen molar-refractivity contribution in [2.24, 2.45) is 0 Å². The van der Waals surface area contributed by atoms with Crippen LogP contribution < -0.4 is 4.90 Å². The first-order chi connectivity index (χ1) is 12.1. The standard InChI is InChI=1S/C16H19N3O4S2/c1-3-13(20)19(10-5-6-10)15-17-18-16(25-15)24-9-12-11(7-8-23-12)14(21)22-4-2/h7-8,10H,3-6,9H2,1-2H3. The Morgan fingerprint density at radius 2 is 2.20 bits per heavy atom. The Morgan fingerprint density at radius 1 is 1.40 bits per heavy atom. The molecule has 1 saturated carbocycles. The SMILES string of the molecule is CCOC(=O)c1ccoc1CSc1nnc(N(C(=O)CC)C2CC2)s1. The summed E-state index contributed by atoms with van der Waals surface area (Å²) >= 11 is 2.81. The highest BCUT2D eigenvalue weighted by atomic mass is 32.2. The van der Waals surface area contributed by atoms with Gasteiger partial charge in [0, 0.05) is 12.5 Å². The number of carbonyl (C=O) groups is 2. The summed E-state index contributed by atoms with van der Waals surface area (Å²) in [4.78, 5) is 25.7. The molecule has 0 spiro atoms. The lowest BCUT2D eigenvalue weighted by molar-refractivity contribution is -0.118. The van der Waals surface area contributed by atoms with Crippen LogP contribution in [0.1, 0.15) is 49.2 Å². The molecular weight excluding hydrogens is 362 g/mol. The first-order valence-corrected chi connectivity index (χ1v) is 9.96. The molecule has 134 valence electrons. The van der Waals surface area contributed by atoms with Crippen LogP contribution in [0.5, 0.6) is 0 Å². The van der Waals surface area contributed by atoms with Gasteiger partial charge in [0.05, 0.1) is 18.6 Å². The monoisotopic (exact) mass is 381 g/mol. The average molecular weight is 381 g/mol. The summed E-state index contributed by atoms with van der Waals surface area (Å²) < 4.78 is 11.1. The molecule has 0 aromatic carbocycles. The second-order valence-electron chi connectivity index (χ2n) is 5.47. The van der Waals surface area contributed by atoms with E-state index in [0.717, 1.165) is 17.2 Å². The van der Waals surface area contributed by atoms with Crippen molar-refractivity contribution < 1.29 is 18.7 Å². The Bertz CT molecular complexity index is 754. The van der Waals surface area contributed by atoms with E-state index in [-0.39, 0.29) is 11.9 Å². The smallest absolute Gasteiger partial charge is 0.341 e. The zero-order valence-corrected chi connectivity index (χ0v) is 15.7. The topological polar surface area (TPSA) is 85.5 Å². The molecule has 9 heteroatoms. The third-order valence-electron chi connectivity index (χ3n) is 3.65. The molecule has 0 aliphatic heterocycles. The summed E-state index contributed by atoms with van der Waals surface area (Å²) in [5, 5.41) is 8.96. The van der Waals surface area contributed by atoms with Crippen LogP contribution in [0.3, 0.4) is 0 Å². The number of thioether (sulfide) groups is 1. The molecule has 2 aromatic rings. The Morgan fingerprint density at radius 3 is 2.88 bits per heavy atom. The van der Waals surface area contributed by atoms with Gasteiger partial charge in [0.15, 0.2) is 4.34 Å². The fourth-order valence-electron chi connectivity index (χ4n) is 2.30. The van der Waals surface area contributed by atoms with Crippen LogP contribution in [-0.2, 0) is 15.3 Å². The molecule has 3 rings (SSSR count). The van der Waals surface area contributed by atoms with Crippen LogP contribution >= 0.6 is 23.1 Å². The minimum absolute atomic E-state index is 0.0748. The van der Waals surface area contributed by atoms with Gasteiger partial charge in [-0.15, -0.1) is 10.2 Å². The molecule has 1 fully saturated rings. The van der Waals surface area contributed by atoms with E-state index in [9.17, 15) is 9.59 Å². The van der Waals surface area contributed by atoms with Crippen molar-refractivity contribution in [1.29, 1.82) is 0 Å². The van der Waals surface area contributed by atoms with Gasteiger partial charge in [-0.3, -0.25) is 9.69 Å². The maximum Gasteiger partial charge on any atom is 0.341 e. The van der Waals surface area contributed by atoms with Gasteiger partial charge in [-0.05, 0) is 25.8 Å². The van der Waals surface area contributed by atoms with Gasteiger partial charge in [-0.1, -0.05) is 30.0 Å². The zero-order valence-electron chi connectivity index (χ0n) is 14.1. The van der Waals surface area contributed by atoms with Crippen LogP contribution in [0, 0.1) is 0 Å². The number of rotatable bonds is 8. The number of anilines is 1. The van der Waals surface area contributed by atoms with E-state index in [0.29, 0.717) is 35.2 Å². The van der Waals surface area contributed by atoms with E-state index < -0.39 is 5.97 Å². The fourth-order valence-corrected chi connectivity index (χ4v) is 4.18. The second kappa shape index (κ2) is 8.01. The van der Waals surface area contributed by atoms with Gasteiger partial charge in [0.25, 0.3) is 0 Å². The van der Waals surface area contributed by atoms with E-state index in [4.69, 9.17) is 9.15 Å². The van der Waals surface area contributed by atoms with Gasteiger partial charge < -0.3 is 9.15 Å². The number of furan rings is 1. The molecule has 1 amide bonds. The molecule has 1 aliphatic rings. The van der Waals surface area contributed by atoms with Crippen molar-refractivity contribution in [3.8, 4) is 0 Å². The summed E-state index contributed by atoms with van der Waals surface area (Å²) in [6, 6.07) is 1.87. The van der Waals surface area contributed by atoms with E-state index in [1.807, 2.05) is 6.92 Å². The van der Waals surface area contributed by atoms with Crippen LogP contribution in [0.4, 0.5) is 5.13 Å². The summed E-state index contributed by atoms with van der Waals surface area (Å²) in [5.74, 6) is 0.675. The predicted molar refractivity (Wildman–Crippen MR) is 94.9 cm³/mol. The van der Waals surface area contributed by atoms with E-state index in [2.05, 4.69) is 10.2 Å². The van der Waals surface area contributed by atoms with Crippen LogP contribution in [0.2, 0.25) is 0 Å². The first kappa shape index (κ1) is 17.9. The molecule has 25 heavy (non-hydrogen) atoms. The van der Waals surface area contributed by atoms with Crippen LogP contribution in [-0.4, -0.2) is 34.7 Å². The number of hydrogen-bond donors (Lipinski definition) is 0. The van der Waals surface area contributed by atoms with Crippen molar-refractivity contribution in [1.82, 2.24) is 10.2 Å². The van der Waals surface area contributed by atoms with Gasteiger partial charge in [-0.25, -0.2) is 4.79 Å². The van der Waals surface area contributed by atoms with Gasteiger partial charge >= 0.3 is 5.97 Å². The Hall–Kier alpha value is -1.87. The normalized spacial score (nSPS) is 13.7. The number of amides is 1. The zero-order chi connectivity index (χ0) is 17.8. The molecule has 7 nitrogen and oxygen atoms in total. The van der Waals surface area contributed by atoms with Crippen molar-refractivity contribution in [2.45, 2.75) is 49.2 Å². The lowest BCUT2D eigenvalue weighted by atomic mass is 10.3. The number of hydrogen-bond acceptors (Lipinski definition) is 8. The van der Waals surface area contributed by atoms with Crippen molar-refractivity contribution in [3.63, 3.8) is 0 Å². The number of nitrogens with zero attached hydrogens (tertiary/aromatic N) is 3. The van der Waals surface area contributed by atoms with E-state index in [1.165, 1.54) is 29.4 Å². The fraction of sp³-hybridized carbons (Fsp3) is 0.500.